The number of hydrazone groups is 1. The number of amides is 1. The average Bonchev–Trinajstić information content (AvgIpc) is 3.05. The number of non-ortho nitro benzene ring substituents is 1. The fraction of sp³-hybridized carbons (Fsp3) is 0. The molecule has 3 aromatic rings. The lowest BCUT2D eigenvalue weighted by molar-refractivity contribution is -0.384. The third-order valence-electron chi connectivity index (χ3n) is 4.39. The van der Waals surface area contributed by atoms with Gasteiger partial charge in [-0.05, 0) is 48.0 Å². The van der Waals surface area contributed by atoms with Gasteiger partial charge in [0.1, 0.15) is 10.6 Å². The SMILES string of the molecule is O=C(N/N=C\c1ccc(OC2=NS(=O)(=O)c3ccccc32)cc1)c1cccc([N+](=O)[O-])c1. The molecule has 1 N–H and O–H groups in total. The number of fused-ring (bicyclic) bond motifs is 1. The molecular weight excluding hydrogens is 436 g/mol. The second kappa shape index (κ2) is 8.40. The number of nitrogens with one attached hydrogen (secondary N) is 1. The van der Waals surface area contributed by atoms with Crippen molar-refractivity contribution >= 4 is 33.7 Å². The molecular formula is C21H14N4O6S. The number of nitro benzene ring substituents is 1. The summed E-state index contributed by atoms with van der Waals surface area (Å²) in [5.74, 6) is -0.233. The van der Waals surface area contributed by atoms with Gasteiger partial charge in [0.25, 0.3) is 21.6 Å². The number of carbonyl (C=O) groups excluding carboxylic acids is 1. The summed E-state index contributed by atoms with van der Waals surface area (Å²) >= 11 is 0. The standard InChI is InChI=1S/C21H14N4O6S/c26-20(15-4-3-5-16(12-15)25(27)28)23-22-13-14-8-10-17(11-9-14)31-21-18-6-1-2-7-19(18)32(29,30)24-21/h1-13H,(H,23,26)/b22-13-. The molecule has 0 saturated carbocycles. The highest BCUT2D eigenvalue weighted by atomic mass is 32.2. The summed E-state index contributed by atoms with van der Waals surface area (Å²) in [4.78, 5) is 22.4. The number of nitro groups is 1. The number of carbonyl (C=O) groups is 1. The third-order valence-corrected chi connectivity index (χ3v) is 5.71. The molecule has 1 heterocycles. The van der Waals surface area contributed by atoms with E-state index in [9.17, 15) is 23.3 Å². The fourth-order valence-corrected chi connectivity index (χ4v) is 4.01. The molecule has 0 spiro atoms. The third kappa shape index (κ3) is 4.37. The Hall–Kier alpha value is -4.38. The van der Waals surface area contributed by atoms with Gasteiger partial charge in [0, 0.05) is 17.7 Å². The zero-order valence-corrected chi connectivity index (χ0v) is 17.0. The molecule has 0 fully saturated rings. The van der Waals surface area contributed by atoms with Crippen molar-refractivity contribution in [1.29, 1.82) is 0 Å². The van der Waals surface area contributed by atoms with Gasteiger partial charge < -0.3 is 4.74 Å². The normalized spacial score (nSPS) is 13.9. The lowest BCUT2D eigenvalue weighted by atomic mass is 10.2. The van der Waals surface area contributed by atoms with Gasteiger partial charge in [0.05, 0.1) is 16.7 Å². The molecule has 0 unspecified atom stereocenters. The molecule has 0 bridgehead atoms. The zero-order valence-electron chi connectivity index (χ0n) is 16.2. The van der Waals surface area contributed by atoms with Crippen molar-refractivity contribution in [2.75, 3.05) is 0 Å². The van der Waals surface area contributed by atoms with Crippen LogP contribution in [-0.4, -0.2) is 31.4 Å². The van der Waals surface area contributed by atoms with Gasteiger partial charge >= 0.3 is 0 Å². The van der Waals surface area contributed by atoms with Crippen molar-refractivity contribution in [3.05, 3.63) is 99.6 Å². The highest BCUT2D eigenvalue weighted by molar-refractivity contribution is 7.90. The number of rotatable bonds is 5. The highest BCUT2D eigenvalue weighted by Gasteiger charge is 2.29. The van der Waals surface area contributed by atoms with Crippen LogP contribution in [-0.2, 0) is 10.0 Å². The van der Waals surface area contributed by atoms with Gasteiger partial charge in [-0.2, -0.15) is 13.5 Å². The first-order valence-electron chi connectivity index (χ1n) is 9.14. The summed E-state index contributed by atoms with van der Waals surface area (Å²) < 4.78 is 33.5. The largest absolute Gasteiger partial charge is 0.438 e. The van der Waals surface area contributed by atoms with E-state index in [4.69, 9.17) is 4.74 Å². The second-order valence-corrected chi connectivity index (χ2v) is 8.12. The topological polar surface area (TPSA) is 140 Å². The van der Waals surface area contributed by atoms with Gasteiger partial charge in [-0.15, -0.1) is 4.40 Å². The lowest BCUT2D eigenvalue weighted by Crippen LogP contribution is -2.17. The summed E-state index contributed by atoms with van der Waals surface area (Å²) in [6.45, 7) is 0. The van der Waals surface area contributed by atoms with Crippen molar-refractivity contribution in [3.8, 4) is 5.75 Å². The molecule has 0 aromatic heterocycles. The van der Waals surface area contributed by atoms with E-state index in [0.717, 1.165) is 6.07 Å². The van der Waals surface area contributed by atoms with E-state index in [2.05, 4.69) is 14.9 Å². The molecule has 0 radical (unpaired) electrons. The maximum absolute atomic E-state index is 12.1. The van der Waals surface area contributed by atoms with Crippen molar-refractivity contribution in [2.45, 2.75) is 4.90 Å². The van der Waals surface area contributed by atoms with Gasteiger partial charge in [-0.25, -0.2) is 5.43 Å². The van der Waals surface area contributed by atoms with E-state index in [-0.39, 0.29) is 22.0 Å². The molecule has 32 heavy (non-hydrogen) atoms. The maximum atomic E-state index is 12.1. The van der Waals surface area contributed by atoms with E-state index in [0.29, 0.717) is 16.9 Å². The number of hydrogen-bond acceptors (Lipinski definition) is 7. The molecule has 1 aliphatic heterocycles. The highest BCUT2D eigenvalue weighted by Crippen LogP contribution is 2.27. The molecule has 1 amide bonds. The minimum atomic E-state index is -3.77. The summed E-state index contributed by atoms with van der Waals surface area (Å²) in [6, 6.07) is 18.2. The monoisotopic (exact) mass is 450 g/mol. The van der Waals surface area contributed by atoms with E-state index >= 15 is 0 Å². The van der Waals surface area contributed by atoms with Crippen molar-refractivity contribution in [2.24, 2.45) is 9.50 Å². The molecule has 0 atom stereocenters. The summed E-state index contributed by atoms with van der Waals surface area (Å²) in [5.41, 5.74) is 3.22. The second-order valence-electron chi connectivity index (χ2n) is 6.55. The first-order valence-corrected chi connectivity index (χ1v) is 10.6. The van der Waals surface area contributed by atoms with Gasteiger partial charge in [-0.3, -0.25) is 14.9 Å². The summed E-state index contributed by atoms with van der Waals surface area (Å²) in [5, 5.41) is 14.6. The number of benzene rings is 3. The Kier molecular flexibility index (Phi) is 5.48. The molecule has 1 aliphatic rings. The predicted molar refractivity (Wildman–Crippen MR) is 115 cm³/mol. The van der Waals surface area contributed by atoms with Crippen LogP contribution in [0, 0.1) is 10.1 Å². The van der Waals surface area contributed by atoms with Gasteiger partial charge in [-0.1, -0.05) is 18.2 Å². The van der Waals surface area contributed by atoms with E-state index < -0.39 is 20.9 Å². The van der Waals surface area contributed by atoms with Gasteiger partial charge in [0.15, 0.2) is 0 Å². The molecule has 0 saturated heterocycles. The number of nitrogens with zero attached hydrogens (tertiary/aromatic N) is 3. The van der Waals surface area contributed by atoms with Crippen LogP contribution < -0.4 is 10.2 Å². The fourth-order valence-electron chi connectivity index (χ4n) is 2.87. The molecule has 3 aromatic carbocycles. The van der Waals surface area contributed by atoms with E-state index in [1.165, 1.54) is 30.5 Å². The quantitative estimate of drug-likeness (QED) is 0.360. The first-order chi connectivity index (χ1) is 15.3. The van der Waals surface area contributed by atoms with Crippen LogP contribution in [0.2, 0.25) is 0 Å². The van der Waals surface area contributed by atoms with Crippen LogP contribution in [0.25, 0.3) is 0 Å². The minimum absolute atomic E-state index is 0.00812. The van der Waals surface area contributed by atoms with E-state index in [1.807, 2.05) is 0 Å². The van der Waals surface area contributed by atoms with Crippen molar-refractivity contribution in [3.63, 3.8) is 0 Å². The van der Waals surface area contributed by atoms with Crippen molar-refractivity contribution < 1.29 is 22.9 Å². The molecule has 0 aliphatic carbocycles. The van der Waals surface area contributed by atoms with Crippen LogP contribution >= 0.6 is 0 Å². The average molecular weight is 450 g/mol. The lowest BCUT2D eigenvalue weighted by Gasteiger charge is -2.05. The van der Waals surface area contributed by atoms with Crippen LogP contribution in [0.3, 0.4) is 0 Å². The first kappa shape index (κ1) is 20.9. The smallest absolute Gasteiger partial charge is 0.286 e. The number of hydrogen-bond donors (Lipinski definition) is 1. The van der Waals surface area contributed by atoms with Crippen LogP contribution in [0.1, 0.15) is 21.5 Å². The Morgan fingerprint density at radius 3 is 2.56 bits per heavy atom. The Morgan fingerprint density at radius 1 is 1.06 bits per heavy atom. The Bertz CT molecular complexity index is 1380. The Labute approximate surface area is 182 Å². The van der Waals surface area contributed by atoms with E-state index in [1.54, 1.807) is 42.5 Å². The molecule has 10 nitrogen and oxygen atoms in total. The number of sulfonamides is 1. The number of ether oxygens (including phenoxy) is 1. The Balaban J connectivity index is 1.40. The minimum Gasteiger partial charge on any atom is -0.438 e. The van der Waals surface area contributed by atoms with Crippen LogP contribution in [0.4, 0.5) is 5.69 Å². The van der Waals surface area contributed by atoms with Crippen molar-refractivity contribution in [1.82, 2.24) is 5.43 Å². The predicted octanol–water partition coefficient (Wildman–Crippen LogP) is 2.89. The zero-order chi connectivity index (χ0) is 22.7. The molecule has 160 valence electrons. The Morgan fingerprint density at radius 2 is 1.81 bits per heavy atom. The molecule has 4 rings (SSSR count). The maximum Gasteiger partial charge on any atom is 0.286 e. The molecule has 11 heteroatoms. The van der Waals surface area contributed by atoms with Crippen LogP contribution in [0.15, 0.2) is 87.2 Å². The summed E-state index contributed by atoms with van der Waals surface area (Å²) in [6.07, 6.45) is 1.38. The van der Waals surface area contributed by atoms with Gasteiger partial charge in [0.2, 0.25) is 5.90 Å². The summed E-state index contributed by atoms with van der Waals surface area (Å²) in [7, 11) is -3.77. The van der Waals surface area contributed by atoms with Crippen LogP contribution in [0.5, 0.6) is 5.75 Å².